The molecule has 0 amide bonds. The summed E-state index contributed by atoms with van der Waals surface area (Å²) >= 11 is 0. The van der Waals surface area contributed by atoms with Gasteiger partial charge in [-0.3, -0.25) is 9.80 Å². The SMILES string of the molecule is O=C=C1CCCC2C1N1CCC[C@@H]1c1ncc([nH]1)-c1ccc(cc1)-c1ccc(cc1)-c1cnc([nH]1)[C@@H]1CCCN21. The van der Waals surface area contributed by atoms with Crippen LogP contribution in [0.4, 0.5) is 0 Å². The van der Waals surface area contributed by atoms with Gasteiger partial charge >= 0.3 is 0 Å². The fraction of sp³-hybridized carbons (Fsp3) is 0.394. The van der Waals surface area contributed by atoms with Crippen molar-refractivity contribution in [3.8, 4) is 33.6 Å². The second-order valence-corrected chi connectivity index (χ2v) is 11.8. The van der Waals surface area contributed by atoms with Gasteiger partial charge in [0.05, 0.1) is 41.9 Å². The van der Waals surface area contributed by atoms with Gasteiger partial charge in [0.15, 0.2) is 0 Å². The van der Waals surface area contributed by atoms with Gasteiger partial charge in [0.1, 0.15) is 17.6 Å². The number of benzene rings is 2. The van der Waals surface area contributed by atoms with Crippen molar-refractivity contribution in [2.45, 2.75) is 69.1 Å². The number of nitrogens with zero attached hydrogens (tertiary/aromatic N) is 4. The Morgan fingerprint density at radius 2 is 1.20 bits per heavy atom. The maximum atomic E-state index is 12.4. The number of H-pyrrole nitrogens is 2. The first-order valence-electron chi connectivity index (χ1n) is 14.8. The second kappa shape index (κ2) is 9.70. The van der Waals surface area contributed by atoms with Crippen molar-refractivity contribution in [2.24, 2.45) is 0 Å². The molecule has 7 heteroatoms. The lowest BCUT2D eigenvalue weighted by Gasteiger charge is -2.46. The highest BCUT2D eigenvalue weighted by Gasteiger charge is 2.46. The zero-order valence-electron chi connectivity index (χ0n) is 22.6. The average molecular weight is 531 g/mol. The summed E-state index contributed by atoms with van der Waals surface area (Å²) in [4.78, 5) is 34.8. The van der Waals surface area contributed by atoms with Gasteiger partial charge in [0.25, 0.3) is 0 Å². The maximum absolute atomic E-state index is 12.4. The van der Waals surface area contributed by atoms with Crippen molar-refractivity contribution >= 4 is 5.94 Å². The monoisotopic (exact) mass is 530 g/mol. The Balaban J connectivity index is 1.27. The van der Waals surface area contributed by atoms with E-state index in [0.717, 1.165) is 97.8 Å². The van der Waals surface area contributed by atoms with Crippen molar-refractivity contribution in [2.75, 3.05) is 13.1 Å². The summed E-state index contributed by atoms with van der Waals surface area (Å²) in [7, 11) is 0. The van der Waals surface area contributed by atoms with E-state index < -0.39 is 0 Å². The van der Waals surface area contributed by atoms with Gasteiger partial charge in [0.2, 0.25) is 0 Å². The number of carbonyl (C=O) groups excluding carboxylic acids is 1. The molecule has 2 saturated heterocycles. The number of hydrogen-bond acceptors (Lipinski definition) is 5. The normalized spacial score (nSPS) is 26.4. The molecule has 0 radical (unpaired) electrons. The molecule has 7 heterocycles. The first-order valence-corrected chi connectivity index (χ1v) is 14.8. The first kappa shape index (κ1) is 24.1. The number of nitrogens with one attached hydrogen (secondary N) is 2. The lowest BCUT2D eigenvalue weighted by molar-refractivity contribution is 0.0568. The van der Waals surface area contributed by atoms with Gasteiger partial charge in [-0.15, -0.1) is 0 Å². The van der Waals surface area contributed by atoms with Crippen LogP contribution in [0.2, 0.25) is 0 Å². The zero-order valence-corrected chi connectivity index (χ0v) is 22.6. The summed E-state index contributed by atoms with van der Waals surface area (Å²) < 4.78 is 0. The van der Waals surface area contributed by atoms with E-state index in [1.165, 1.54) is 11.1 Å². The predicted octanol–water partition coefficient (Wildman–Crippen LogP) is 6.10. The molecule has 5 aliphatic heterocycles. The molecule has 6 aliphatic rings. The number of hydrogen-bond donors (Lipinski definition) is 2. The van der Waals surface area contributed by atoms with Crippen LogP contribution >= 0.6 is 0 Å². The molecule has 202 valence electrons. The summed E-state index contributed by atoms with van der Waals surface area (Å²) in [5.41, 5.74) is 7.68. The minimum absolute atomic E-state index is 0.0553. The fourth-order valence-electron chi connectivity index (χ4n) is 7.80. The van der Waals surface area contributed by atoms with Crippen LogP contribution in [0.15, 0.2) is 66.5 Å². The van der Waals surface area contributed by atoms with Gasteiger partial charge in [-0.1, -0.05) is 48.5 Å². The number of imidazole rings is 2. The van der Waals surface area contributed by atoms with Crippen LogP contribution in [0, 0.1) is 0 Å². The molecular weight excluding hydrogens is 496 g/mol. The minimum Gasteiger partial charge on any atom is -0.341 e. The van der Waals surface area contributed by atoms with Crippen molar-refractivity contribution in [1.82, 2.24) is 29.7 Å². The summed E-state index contributed by atoms with van der Waals surface area (Å²) in [6.45, 7) is 2.00. The lowest BCUT2D eigenvalue weighted by atomic mass is 9.83. The molecule has 10 rings (SSSR count). The highest BCUT2D eigenvalue weighted by molar-refractivity contribution is 5.71. The molecule has 0 spiro atoms. The van der Waals surface area contributed by atoms with Crippen molar-refractivity contribution < 1.29 is 4.79 Å². The summed E-state index contributed by atoms with van der Waals surface area (Å²) in [5.74, 6) is 4.46. The molecular formula is C33H34N6O. The number of fused-ring (bicyclic) bond motifs is 2. The largest absolute Gasteiger partial charge is 0.341 e. The van der Waals surface area contributed by atoms with Gasteiger partial charge in [-0.05, 0) is 80.3 Å². The number of aromatic amines is 2. The minimum atomic E-state index is 0.0553. The topological polar surface area (TPSA) is 80.9 Å². The highest BCUT2D eigenvalue weighted by Crippen LogP contribution is 2.44. The molecule has 8 bridgehead atoms. The van der Waals surface area contributed by atoms with E-state index in [9.17, 15) is 4.79 Å². The van der Waals surface area contributed by atoms with E-state index in [2.05, 4.69) is 74.2 Å². The van der Waals surface area contributed by atoms with Crippen LogP contribution in [0.25, 0.3) is 33.6 Å². The van der Waals surface area contributed by atoms with Crippen molar-refractivity contribution in [3.63, 3.8) is 0 Å². The van der Waals surface area contributed by atoms with Crippen molar-refractivity contribution in [1.29, 1.82) is 0 Å². The quantitative estimate of drug-likeness (QED) is 0.269. The van der Waals surface area contributed by atoms with E-state index in [1.54, 1.807) is 0 Å². The van der Waals surface area contributed by atoms with E-state index in [-0.39, 0.29) is 24.2 Å². The van der Waals surface area contributed by atoms with Crippen LogP contribution in [-0.4, -0.2) is 60.9 Å². The van der Waals surface area contributed by atoms with Gasteiger partial charge in [0, 0.05) is 11.6 Å². The third-order valence-electron chi connectivity index (χ3n) is 9.72. The smallest absolute Gasteiger partial charge is 0.125 e. The maximum Gasteiger partial charge on any atom is 0.125 e. The van der Waals surface area contributed by atoms with Gasteiger partial charge in [-0.2, -0.15) is 0 Å². The Morgan fingerprint density at radius 3 is 1.77 bits per heavy atom. The Morgan fingerprint density at radius 1 is 0.675 bits per heavy atom. The Bertz CT molecular complexity index is 1580. The van der Waals surface area contributed by atoms with Gasteiger partial charge < -0.3 is 9.97 Å². The highest BCUT2D eigenvalue weighted by atomic mass is 16.1. The second-order valence-electron chi connectivity index (χ2n) is 11.8. The summed E-state index contributed by atoms with van der Waals surface area (Å²) in [6, 6.07) is 18.2. The van der Waals surface area contributed by atoms with Gasteiger partial charge in [-0.25, -0.2) is 14.8 Å². The molecule has 4 aromatic rings. The first-order chi connectivity index (χ1) is 19.8. The molecule has 40 heavy (non-hydrogen) atoms. The molecule has 1 saturated carbocycles. The number of rotatable bonds is 0. The average Bonchev–Trinajstić information content (AvgIpc) is 3.82. The van der Waals surface area contributed by atoms with Crippen molar-refractivity contribution in [3.05, 3.63) is 78.1 Å². The summed E-state index contributed by atoms with van der Waals surface area (Å²) in [5, 5.41) is 0. The molecule has 2 aromatic heterocycles. The van der Waals surface area contributed by atoms with Crippen LogP contribution in [-0.2, 0) is 4.79 Å². The predicted molar refractivity (Wildman–Crippen MR) is 155 cm³/mol. The third kappa shape index (κ3) is 3.92. The molecule has 2 N–H and O–H groups in total. The van der Waals surface area contributed by atoms with E-state index >= 15 is 0 Å². The van der Waals surface area contributed by atoms with Crippen LogP contribution in [0.1, 0.15) is 68.7 Å². The Labute approximate surface area is 234 Å². The van der Waals surface area contributed by atoms with E-state index in [0.29, 0.717) is 0 Å². The summed E-state index contributed by atoms with van der Waals surface area (Å²) in [6.07, 6.45) is 11.3. The van der Waals surface area contributed by atoms with Crippen LogP contribution in [0.3, 0.4) is 0 Å². The molecule has 7 nitrogen and oxygen atoms in total. The zero-order chi connectivity index (χ0) is 26.6. The molecule has 3 fully saturated rings. The van der Waals surface area contributed by atoms with E-state index in [4.69, 9.17) is 9.97 Å². The lowest BCUT2D eigenvalue weighted by Crippen LogP contribution is -2.54. The molecule has 2 aromatic carbocycles. The fourth-order valence-corrected chi connectivity index (χ4v) is 7.80. The van der Waals surface area contributed by atoms with Crippen LogP contribution in [0.5, 0.6) is 0 Å². The molecule has 4 atom stereocenters. The van der Waals surface area contributed by atoms with Crippen LogP contribution < -0.4 is 0 Å². The molecule has 2 unspecified atom stereocenters. The molecule has 1 aliphatic carbocycles. The standard InChI is InChI=1S/C33H34N6O/c40-20-25-4-1-5-28-31(25)39-17-3-7-30(39)33-35-19-27(37-33)24-14-10-22(11-15-24)21-8-12-23(13-9-21)26-18-34-32(36-26)29-6-2-16-38(28)29/h8-15,18-19,28-31H,1-7,16-17H2,(H,34,36)(H,35,37)/t28?,29-,30+,31?/m0/s1. The Kier molecular flexibility index (Phi) is 5.84. The van der Waals surface area contributed by atoms with E-state index in [1.807, 2.05) is 12.4 Å². The number of aromatic nitrogens is 4. The third-order valence-corrected chi connectivity index (χ3v) is 9.72. The Hall–Kier alpha value is -3.77.